The van der Waals surface area contributed by atoms with Crippen molar-refractivity contribution in [2.45, 2.75) is 40.4 Å². The molecule has 0 bridgehead atoms. The van der Waals surface area contributed by atoms with E-state index in [-0.39, 0.29) is 17.1 Å². The molecule has 0 aliphatic heterocycles. The lowest BCUT2D eigenvalue weighted by Gasteiger charge is -2.20. The standard InChI is InChI=1S/C16H22O6/c1-6-16(3,4)15(19)22-11-7-8-12(13(17)9-11)14(18)21-10(2)20-5/h7-10,17H,6H2,1-5H3. The topological polar surface area (TPSA) is 82.1 Å². The van der Waals surface area contributed by atoms with Gasteiger partial charge in [-0.15, -0.1) is 0 Å². The van der Waals surface area contributed by atoms with Gasteiger partial charge in [-0.3, -0.25) is 4.79 Å². The van der Waals surface area contributed by atoms with Gasteiger partial charge in [0.25, 0.3) is 0 Å². The lowest BCUT2D eigenvalue weighted by molar-refractivity contribution is -0.144. The highest BCUT2D eigenvalue weighted by Gasteiger charge is 2.28. The first-order valence-electron chi connectivity index (χ1n) is 7.00. The molecule has 6 heteroatoms. The monoisotopic (exact) mass is 310 g/mol. The molecule has 0 radical (unpaired) electrons. The quantitative estimate of drug-likeness (QED) is 0.494. The predicted octanol–water partition coefficient (Wildman–Crippen LogP) is 2.88. The molecular weight excluding hydrogens is 288 g/mol. The number of ether oxygens (including phenoxy) is 3. The molecule has 0 aliphatic rings. The summed E-state index contributed by atoms with van der Waals surface area (Å²) in [5, 5.41) is 9.89. The number of hydrogen-bond donors (Lipinski definition) is 1. The smallest absolute Gasteiger partial charge is 0.344 e. The van der Waals surface area contributed by atoms with Crippen molar-refractivity contribution >= 4 is 11.9 Å². The number of benzene rings is 1. The Morgan fingerprint density at radius 3 is 2.45 bits per heavy atom. The summed E-state index contributed by atoms with van der Waals surface area (Å²) in [5.41, 5.74) is -0.653. The SMILES string of the molecule is CCC(C)(C)C(=O)Oc1ccc(C(=O)OC(C)OC)c(O)c1. The Kier molecular flexibility index (Phi) is 5.93. The second-order valence-electron chi connectivity index (χ2n) is 5.51. The average molecular weight is 310 g/mol. The van der Waals surface area contributed by atoms with Crippen LogP contribution in [0.25, 0.3) is 0 Å². The lowest BCUT2D eigenvalue weighted by atomic mass is 9.91. The van der Waals surface area contributed by atoms with Crippen LogP contribution in [0, 0.1) is 5.41 Å². The summed E-state index contributed by atoms with van der Waals surface area (Å²) < 4.78 is 15.0. The van der Waals surface area contributed by atoms with Crippen molar-refractivity contribution in [1.29, 1.82) is 0 Å². The van der Waals surface area contributed by atoms with E-state index in [1.807, 2.05) is 6.92 Å². The highest BCUT2D eigenvalue weighted by molar-refractivity contribution is 5.92. The van der Waals surface area contributed by atoms with Crippen molar-refractivity contribution in [2.75, 3.05) is 7.11 Å². The van der Waals surface area contributed by atoms with E-state index in [2.05, 4.69) is 0 Å². The van der Waals surface area contributed by atoms with Crippen LogP contribution in [0.5, 0.6) is 11.5 Å². The highest BCUT2D eigenvalue weighted by atomic mass is 16.7. The number of phenolic OH excluding ortho intramolecular Hbond substituents is 1. The van der Waals surface area contributed by atoms with E-state index in [4.69, 9.17) is 14.2 Å². The third-order valence-corrected chi connectivity index (χ3v) is 3.44. The summed E-state index contributed by atoms with van der Waals surface area (Å²) >= 11 is 0. The minimum absolute atomic E-state index is 0.0292. The first-order chi connectivity index (χ1) is 10.2. The zero-order valence-corrected chi connectivity index (χ0v) is 13.5. The van der Waals surface area contributed by atoms with Crippen LogP contribution in [0.1, 0.15) is 44.5 Å². The molecule has 0 amide bonds. The molecule has 1 aromatic carbocycles. The van der Waals surface area contributed by atoms with Crippen LogP contribution in [-0.2, 0) is 14.3 Å². The summed E-state index contributed by atoms with van der Waals surface area (Å²) in [6.45, 7) is 6.98. The number of carbonyl (C=O) groups excluding carboxylic acids is 2. The van der Waals surface area contributed by atoms with Crippen molar-refractivity contribution < 1.29 is 28.9 Å². The Morgan fingerprint density at radius 1 is 1.32 bits per heavy atom. The molecule has 0 fully saturated rings. The van der Waals surface area contributed by atoms with Gasteiger partial charge in [0.05, 0.1) is 5.41 Å². The third-order valence-electron chi connectivity index (χ3n) is 3.44. The Balaban J connectivity index is 2.86. The van der Waals surface area contributed by atoms with Crippen molar-refractivity contribution in [3.63, 3.8) is 0 Å². The highest BCUT2D eigenvalue weighted by Crippen LogP contribution is 2.28. The van der Waals surface area contributed by atoms with Gasteiger partial charge < -0.3 is 19.3 Å². The number of rotatable bonds is 6. The fourth-order valence-corrected chi connectivity index (χ4v) is 1.40. The Labute approximate surface area is 130 Å². The minimum Gasteiger partial charge on any atom is -0.507 e. The second kappa shape index (κ2) is 7.26. The van der Waals surface area contributed by atoms with E-state index in [1.54, 1.807) is 20.8 Å². The van der Waals surface area contributed by atoms with Gasteiger partial charge in [0.1, 0.15) is 17.1 Å². The molecular formula is C16H22O6. The van der Waals surface area contributed by atoms with E-state index in [1.165, 1.54) is 25.3 Å². The van der Waals surface area contributed by atoms with Crippen molar-refractivity contribution in [3.05, 3.63) is 23.8 Å². The average Bonchev–Trinajstić information content (AvgIpc) is 2.46. The maximum atomic E-state index is 12.0. The van der Waals surface area contributed by atoms with E-state index in [9.17, 15) is 14.7 Å². The number of aromatic hydroxyl groups is 1. The van der Waals surface area contributed by atoms with Crippen LogP contribution in [0.4, 0.5) is 0 Å². The Hall–Kier alpha value is -2.08. The molecule has 6 nitrogen and oxygen atoms in total. The summed E-state index contributed by atoms with van der Waals surface area (Å²) in [5.74, 6) is -1.29. The van der Waals surface area contributed by atoms with E-state index < -0.39 is 23.6 Å². The summed E-state index contributed by atoms with van der Waals surface area (Å²) in [4.78, 5) is 23.8. The van der Waals surface area contributed by atoms with Crippen LogP contribution < -0.4 is 4.74 Å². The Morgan fingerprint density at radius 2 is 1.95 bits per heavy atom. The molecule has 0 spiro atoms. The maximum absolute atomic E-state index is 12.0. The third kappa shape index (κ3) is 4.46. The zero-order valence-electron chi connectivity index (χ0n) is 13.5. The summed E-state index contributed by atoms with van der Waals surface area (Å²) in [6, 6.07) is 3.97. The summed E-state index contributed by atoms with van der Waals surface area (Å²) in [6.07, 6.45) is -0.105. The van der Waals surface area contributed by atoms with Gasteiger partial charge >= 0.3 is 11.9 Å². The number of esters is 2. The molecule has 0 aliphatic carbocycles. The number of carbonyl (C=O) groups is 2. The Bertz CT molecular complexity index is 550. The van der Waals surface area contributed by atoms with Crippen molar-refractivity contribution in [2.24, 2.45) is 5.41 Å². The molecule has 0 saturated heterocycles. The fraction of sp³-hybridized carbons (Fsp3) is 0.500. The van der Waals surface area contributed by atoms with Crippen LogP contribution in [0.2, 0.25) is 0 Å². The molecule has 0 heterocycles. The predicted molar refractivity (Wildman–Crippen MR) is 79.7 cm³/mol. The van der Waals surface area contributed by atoms with Gasteiger partial charge in [-0.05, 0) is 39.3 Å². The van der Waals surface area contributed by atoms with Crippen molar-refractivity contribution in [1.82, 2.24) is 0 Å². The van der Waals surface area contributed by atoms with Gasteiger partial charge in [0, 0.05) is 13.2 Å². The van der Waals surface area contributed by atoms with E-state index >= 15 is 0 Å². The van der Waals surface area contributed by atoms with Crippen molar-refractivity contribution in [3.8, 4) is 11.5 Å². The first kappa shape index (κ1) is 18.0. The molecule has 0 saturated carbocycles. The minimum atomic E-state index is -0.727. The first-order valence-corrected chi connectivity index (χ1v) is 7.00. The van der Waals surface area contributed by atoms with E-state index in [0.717, 1.165) is 0 Å². The zero-order chi connectivity index (χ0) is 16.9. The molecule has 0 aromatic heterocycles. The molecule has 122 valence electrons. The maximum Gasteiger partial charge on any atom is 0.344 e. The van der Waals surface area contributed by atoms with Gasteiger partial charge in [0.15, 0.2) is 6.29 Å². The number of hydrogen-bond acceptors (Lipinski definition) is 6. The molecule has 1 unspecified atom stereocenters. The van der Waals surface area contributed by atoms with Gasteiger partial charge in [-0.1, -0.05) is 6.92 Å². The molecule has 1 rings (SSSR count). The molecule has 1 N–H and O–H groups in total. The largest absolute Gasteiger partial charge is 0.507 e. The normalized spacial score (nSPS) is 12.6. The summed E-state index contributed by atoms with van der Waals surface area (Å²) in [7, 11) is 1.40. The molecule has 1 atom stereocenters. The van der Waals surface area contributed by atoms with Gasteiger partial charge in [0.2, 0.25) is 0 Å². The fourth-order valence-electron chi connectivity index (χ4n) is 1.40. The van der Waals surface area contributed by atoms with Crippen LogP contribution in [0.3, 0.4) is 0 Å². The molecule has 22 heavy (non-hydrogen) atoms. The van der Waals surface area contributed by atoms with Gasteiger partial charge in [-0.25, -0.2) is 4.79 Å². The van der Waals surface area contributed by atoms with E-state index in [0.29, 0.717) is 6.42 Å². The second-order valence-corrected chi connectivity index (χ2v) is 5.51. The number of methoxy groups -OCH3 is 1. The lowest BCUT2D eigenvalue weighted by Crippen LogP contribution is -2.28. The van der Waals surface area contributed by atoms with Crippen LogP contribution in [0.15, 0.2) is 18.2 Å². The number of phenols is 1. The molecule has 1 aromatic rings. The van der Waals surface area contributed by atoms with Gasteiger partial charge in [-0.2, -0.15) is 0 Å². The van der Waals surface area contributed by atoms with Crippen LogP contribution in [-0.4, -0.2) is 30.4 Å². The van der Waals surface area contributed by atoms with Crippen LogP contribution >= 0.6 is 0 Å².